The van der Waals surface area contributed by atoms with Crippen LogP contribution in [0.2, 0.25) is 0 Å². The molecule has 2 heterocycles. The average molecular weight is 208 g/mol. The van der Waals surface area contributed by atoms with Gasteiger partial charge in [-0.25, -0.2) is 0 Å². The summed E-state index contributed by atoms with van der Waals surface area (Å²) in [6.45, 7) is 13.1. The van der Waals surface area contributed by atoms with Crippen molar-refractivity contribution in [1.29, 1.82) is 0 Å². The summed E-state index contributed by atoms with van der Waals surface area (Å²) in [5.74, 6) is 1.84. The van der Waals surface area contributed by atoms with E-state index in [1.54, 1.807) is 0 Å². The third-order valence-corrected chi connectivity index (χ3v) is 3.85. The minimum absolute atomic E-state index is 0.921. The standard InChI is InChI=1S/C13H24N2/c1-12-3-7-14(8-4-12)11-15-9-5-13(2)6-10-15/h12-13H,3-10H2,1-2H3. The second-order valence-corrected chi connectivity index (χ2v) is 5.44. The van der Waals surface area contributed by atoms with Crippen LogP contribution in [-0.4, -0.2) is 36.0 Å². The summed E-state index contributed by atoms with van der Waals surface area (Å²) >= 11 is 0. The van der Waals surface area contributed by atoms with Crippen molar-refractivity contribution >= 4 is 0 Å². The highest BCUT2D eigenvalue weighted by molar-refractivity contribution is 4.79. The van der Waals surface area contributed by atoms with E-state index in [1.165, 1.54) is 51.9 Å². The van der Waals surface area contributed by atoms with Gasteiger partial charge in [-0.1, -0.05) is 13.8 Å². The Hall–Kier alpha value is -0.0800. The van der Waals surface area contributed by atoms with Gasteiger partial charge in [0.25, 0.3) is 0 Å². The number of nitrogens with zero attached hydrogens (tertiary/aromatic N) is 2. The van der Waals surface area contributed by atoms with Gasteiger partial charge in [0, 0.05) is 26.2 Å². The first-order valence-electron chi connectivity index (χ1n) is 6.50. The number of likely N-dealkylation sites (tertiary alicyclic amines) is 2. The number of hydrogen-bond acceptors (Lipinski definition) is 2. The molecule has 2 heteroatoms. The topological polar surface area (TPSA) is 6.48 Å². The first-order valence-corrected chi connectivity index (χ1v) is 6.50. The van der Waals surface area contributed by atoms with Crippen LogP contribution in [0.1, 0.15) is 39.5 Å². The molecule has 86 valence electrons. The van der Waals surface area contributed by atoms with Gasteiger partial charge in [-0.05, 0) is 37.5 Å². The molecule has 0 N–H and O–H groups in total. The molecule has 0 aromatic rings. The Kier molecular flexibility index (Phi) is 4.04. The monoisotopic (exact) mass is 208 g/mol. The van der Waals surface area contributed by atoms with Crippen LogP contribution < -0.4 is 0 Å². The highest BCUT2D eigenvalue weighted by Crippen LogP contribution is 2.21. The quantitative estimate of drug-likeness (QED) is 0.688. The van der Waals surface area contributed by atoms with Gasteiger partial charge in [0.05, 0.1) is 0 Å². The summed E-state index contributed by atoms with van der Waals surface area (Å²) in [5.41, 5.74) is 0. The normalized spacial score (nSPS) is 28.4. The molecule has 2 fully saturated rings. The fourth-order valence-electron chi connectivity index (χ4n) is 2.42. The molecule has 0 bridgehead atoms. The predicted octanol–water partition coefficient (Wildman–Crippen LogP) is 2.45. The van der Waals surface area contributed by atoms with E-state index in [1.807, 2.05) is 0 Å². The van der Waals surface area contributed by atoms with E-state index in [9.17, 15) is 0 Å². The zero-order valence-electron chi connectivity index (χ0n) is 10.2. The Morgan fingerprint density at radius 2 is 1.07 bits per heavy atom. The van der Waals surface area contributed by atoms with Crippen LogP contribution in [0.4, 0.5) is 0 Å². The molecule has 2 nitrogen and oxygen atoms in total. The molecule has 2 aliphatic heterocycles. The van der Waals surface area contributed by atoms with Gasteiger partial charge in [-0.3, -0.25) is 9.80 Å². The molecule has 0 amide bonds. The fraction of sp³-hybridized carbons (Fsp3) is 0.923. The molecule has 2 saturated heterocycles. The predicted molar refractivity (Wildman–Crippen MR) is 63.2 cm³/mol. The molecule has 2 aliphatic rings. The van der Waals surface area contributed by atoms with Crippen LogP contribution in [0.25, 0.3) is 0 Å². The maximum Gasteiger partial charge on any atom is 0.146 e. The Morgan fingerprint density at radius 3 is 1.40 bits per heavy atom. The number of rotatable bonds is 2. The zero-order valence-corrected chi connectivity index (χ0v) is 10.2. The maximum atomic E-state index is 3.57. The Morgan fingerprint density at radius 1 is 0.733 bits per heavy atom. The summed E-state index contributed by atoms with van der Waals surface area (Å²) in [5, 5.41) is 0. The van der Waals surface area contributed by atoms with Gasteiger partial charge in [0.15, 0.2) is 0 Å². The largest absolute Gasteiger partial charge is 0.280 e. The maximum absolute atomic E-state index is 3.57. The zero-order chi connectivity index (χ0) is 10.7. The Bertz CT molecular complexity index is 157. The van der Waals surface area contributed by atoms with Crippen molar-refractivity contribution in [3.8, 4) is 0 Å². The molecule has 0 aromatic heterocycles. The lowest BCUT2D eigenvalue weighted by molar-refractivity contribution is 0.127. The molecule has 0 saturated carbocycles. The molecule has 0 unspecified atom stereocenters. The van der Waals surface area contributed by atoms with Gasteiger partial charge in [0.1, 0.15) is 6.67 Å². The summed E-state index contributed by atoms with van der Waals surface area (Å²) in [4.78, 5) is 4.80. The summed E-state index contributed by atoms with van der Waals surface area (Å²) < 4.78 is 0. The lowest BCUT2D eigenvalue weighted by atomic mass is 9.98. The van der Waals surface area contributed by atoms with Crippen molar-refractivity contribution < 1.29 is 0 Å². The molecule has 2 radical (unpaired) electrons. The minimum Gasteiger partial charge on any atom is -0.280 e. The molecule has 2 rings (SSSR count). The number of piperidine rings is 2. The van der Waals surface area contributed by atoms with Crippen molar-refractivity contribution in [1.82, 2.24) is 9.80 Å². The molecular formula is C13H24N2. The molecule has 0 aromatic carbocycles. The lowest BCUT2D eigenvalue weighted by Gasteiger charge is -2.36. The SMILES string of the molecule is CC1CCN([C]N2CCC(C)CC2)CC1. The van der Waals surface area contributed by atoms with E-state index in [0.29, 0.717) is 0 Å². The van der Waals surface area contributed by atoms with Crippen molar-refractivity contribution in [2.24, 2.45) is 11.8 Å². The van der Waals surface area contributed by atoms with Crippen LogP contribution in [0.3, 0.4) is 0 Å². The summed E-state index contributed by atoms with van der Waals surface area (Å²) in [6, 6.07) is 0. The van der Waals surface area contributed by atoms with E-state index < -0.39 is 0 Å². The van der Waals surface area contributed by atoms with Gasteiger partial charge in [-0.15, -0.1) is 0 Å². The van der Waals surface area contributed by atoms with E-state index in [-0.39, 0.29) is 0 Å². The van der Waals surface area contributed by atoms with Crippen molar-refractivity contribution in [2.45, 2.75) is 39.5 Å². The fourth-order valence-corrected chi connectivity index (χ4v) is 2.42. The second kappa shape index (κ2) is 5.31. The summed E-state index contributed by atoms with van der Waals surface area (Å²) in [6.07, 6.45) is 5.38. The molecular weight excluding hydrogens is 184 g/mol. The van der Waals surface area contributed by atoms with Crippen LogP contribution in [0.15, 0.2) is 0 Å². The van der Waals surface area contributed by atoms with Crippen molar-refractivity contribution in [3.63, 3.8) is 0 Å². The van der Waals surface area contributed by atoms with Gasteiger partial charge < -0.3 is 0 Å². The molecule has 0 spiro atoms. The van der Waals surface area contributed by atoms with Crippen molar-refractivity contribution in [3.05, 3.63) is 6.67 Å². The van der Waals surface area contributed by atoms with Crippen LogP contribution in [-0.2, 0) is 0 Å². The molecule has 0 atom stereocenters. The third kappa shape index (κ3) is 3.46. The highest BCUT2D eigenvalue weighted by Gasteiger charge is 2.22. The van der Waals surface area contributed by atoms with E-state index >= 15 is 0 Å². The van der Waals surface area contributed by atoms with E-state index in [0.717, 1.165) is 11.8 Å². The van der Waals surface area contributed by atoms with Crippen LogP contribution in [0, 0.1) is 18.5 Å². The number of hydrogen-bond donors (Lipinski definition) is 0. The van der Waals surface area contributed by atoms with Gasteiger partial charge in [0.2, 0.25) is 0 Å². The van der Waals surface area contributed by atoms with E-state index in [2.05, 4.69) is 30.3 Å². The summed E-state index contributed by atoms with van der Waals surface area (Å²) in [7, 11) is 0. The average Bonchev–Trinajstić information content (AvgIpc) is 2.25. The Balaban J connectivity index is 1.68. The second-order valence-electron chi connectivity index (χ2n) is 5.44. The first-order chi connectivity index (χ1) is 7.24. The molecule has 15 heavy (non-hydrogen) atoms. The van der Waals surface area contributed by atoms with E-state index in [4.69, 9.17) is 0 Å². The minimum atomic E-state index is 0.921. The highest BCUT2D eigenvalue weighted by atomic mass is 15.3. The molecule has 0 aliphatic carbocycles. The Labute approximate surface area is 94.6 Å². The lowest BCUT2D eigenvalue weighted by Crippen LogP contribution is -2.40. The van der Waals surface area contributed by atoms with Crippen molar-refractivity contribution in [2.75, 3.05) is 26.2 Å². The van der Waals surface area contributed by atoms with Crippen LogP contribution in [0.5, 0.6) is 0 Å². The van der Waals surface area contributed by atoms with Gasteiger partial charge in [-0.2, -0.15) is 0 Å². The smallest absolute Gasteiger partial charge is 0.146 e. The van der Waals surface area contributed by atoms with Crippen LogP contribution >= 0.6 is 0 Å². The van der Waals surface area contributed by atoms with Gasteiger partial charge >= 0.3 is 0 Å². The third-order valence-electron chi connectivity index (χ3n) is 3.85. The first kappa shape index (κ1) is 11.4.